The molecule has 2 aromatic carbocycles. The summed E-state index contributed by atoms with van der Waals surface area (Å²) in [6.07, 6.45) is 1.64. The number of alkyl halides is 1. The second kappa shape index (κ2) is 7.66. The minimum Gasteiger partial charge on any atom is -0.313 e. The third kappa shape index (κ3) is 4.21. The predicted molar refractivity (Wildman–Crippen MR) is 111 cm³/mol. The Morgan fingerprint density at radius 2 is 1.78 bits per heavy atom. The number of hydrogen-bond acceptors (Lipinski definition) is 3. The van der Waals surface area contributed by atoms with Gasteiger partial charge in [0.05, 0.1) is 17.1 Å². The zero-order valence-electron chi connectivity index (χ0n) is 15.0. The van der Waals surface area contributed by atoms with Gasteiger partial charge in [0.25, 0.3) is 0 Å². The summed E-state index contributed by atoms with van der Waals surface area (Å²) in [4.78, 5) is 12.4. The Hall–Kier alpha value is -1.82. The van der Waals surface area contributed by atoms with Crippen LogP contribution in [0.2, 0.25) is 5.02 Å². The topological polar surface area (TPSA) is 56.1 Å². The van der Waals surface area contributed by atoms with E-state index in [-0.39, 0.29) is 17.4 Å². The molecule has 3 aromatic rings. The van der Waals surface area contributed by atoms with Crippen LogP contribution >= 0.6 is 23.2 Å². The van der Waals surface area contributed by atoms with Gasteiger partial charge in [-0.1, -0.05) is 23.7 Å². The molecule has 0 N–H and O–H groups in total. The van der Waals surface area contributed by atoms with E-state index in [0.717, 1.165) is 27.8 Å². The van der Waals surface area contributed by atoms with Crippen LogP contribution in [0.25, 0.3) is 16.6 Å². The van der Waals surface area contributed by atoms with E-state index < -0.39 is 9.84 Å². The standard InChI is InChI=1S/C20H19Cl2NO3S/c1-13-20(19(24)12-21)17-8-3-14(9-10-27(2,25)26)11-18(17)23(13)16-6-4-15(22)5-7-16/h3-8,11H,9-10,12H2,1-2H3. The van der Waals surface area contributed by atoms with Crippen molar-refractivity contribution in [3.8, 4) is 5.69 Å². The Balaban J connectivity index is 2.22. The first kappa shape index (κ1) is 19.9. The zero-order chi connectivity index (χ0) is 19.8. The lowest BCUT2D eigenvalue weighted by atomic mass is 10.1. The first-order valence-corrected chi connectivity index (χ1v) is 11.4. The first-order chi connectivity index (χ1) is 12.7. The second-order valence-electron chi connectivity index (χ2n) is 6.56. The van der Waals surface area contributed by atoms with Gasteiger partial charge in [-0.3, -0.25) is 4.79 Å². The van der Waals surface area contributed by atoms with Crippen molar-refractivity contribution in [2.45, 2.75) is 13.3 Å². The van der Waals surface area contributed by atoms with Crippen LogP contribution in [-0.4, -0.2) is 36.7 Å². The Labute approximate surface area is 168 Å². The number of sulfone groups is 1. The molecule has 3 rings (SSSR count). The van der Waals surface area contributed by atoms with E-state index in [2.05, 4.69) is 0 Å². The fourth-order valence-electron chi connectivity index (χ4n) is 3.26. The van der Waals surface area contributed by atoms with E-state index in [0.29, 0.717) is 17.0 Å². The minimum atomic E-state index is -3.06. The van der Waals surface area contributed by atoms with Crippen molar-refractivity contribution in [2.75, 3.05) is 17.9 Å². The highest BCUT2D eigenvalue weighted by Crippen LogP contribution is 2.31. The van der Waals surface area contributed by atoms with Crippen molar-refractivity contribution in [1.82, 2.24) is 4.57 Å². The molecule has 0 aliphatic carbocycles. The maximum absolute atomic E-state index is 12.4. The molecule has 1 heterocycles. The molecule has 0 saturated carbocycles. The highest BCUT2D eigenvalue weighted by molar-refractivity contribution is 7.90. The number of nitrogens with zero attached hydrogens (tertiary/aromatic N) is 1. The number of carbonyl (C=O) groups is 1. The largest absolute Gasteiger partial charge is 0.313 e. The summed E-state index contributed by atoms with van der Waals surface area (Å²) in [5.41, 5.74) is 3.98. The summed E-state index contributed by atoms with van der Waals surface area (Å²) < 4.78 is 25.0. The number of benzene rings is 2. The molecule has 0 atom stereocenters. The van der Waals surface area contributed by atoms with Crippen LogP contribution in [0, 0.1) is 6.92 Å². The lowest BCUT2D eigenvalue weighted by molar-refractivity contribution is 0.102. The van der Waals surface area contributed by atoms with Crippen LogP contribution in [0.1, 0.15) is 21.6 Å². The number of carbonyl (C=O) groups excluding carboxylic acids is 1. The molecule has 0 fully saturated rings. The third-order valence-electron chi connectivity index (χ3n) is 4.52. The number of aromatic nitrogens is 1. The Bertz CT molecular complexity index is 1120. The normalized spacial score (nSPS) is 11.9. The number of hydrogen-bond donors (Lipinski definition) is 0. The number of halogens is 2. The van der Waals surface area contributed by atoms with Gasteiger partial charge in [0.1, 0.15) is 9.84 Å². The van der Waals surface area contributed by atoms with Crippen molar-refractivity contribution >= 4 is 49.7 Å². The fraction of sp³-hybridized carbons (Fsp3) is 0.250. The first-order valence-electron chi connectivity index (χ1n) is 8.38. The maximum Gasteiger partial charge on any atom is 0.180 e. The molecule has 0 unspecified atom stereocenters. The smallest absolute Gasteiger partial charge is 0.180 e. The van der Waals surface area contributed by atoms with Crippen molar-refractivity contribution < 1.29 is 13.2 Å². The van der Waals surface area contributed by atoms with Crippen molar-refractivity contribution in [1.29, 1.82) is 0 Å². The highest BCUT2D eigenvalue weighted by atomic mass is 35.5. The average molecular weight is 424 g/mol. The minimum absolute atomic E-state index is 0.0760. The van der Waals surface area contributed by atoms with Gasteiger partial charge in [-0.15, -0.1) is 11.6 Å². The summed E-state index contributed by atoms with van der Waals surface area (Å²) >= 11 is 11.8. The lowest BCUT2D eigenvalue weighted by Gasteiger charge is -2.10. The Kier molecular flexibility index (Phi) is 5.65. The molecular formula is C20H19Cl2NO3S. The molecule has 4 nitrogen and oxygen atoms in total. The van der Waals surface area contributed by atoms with Gasteiger partial charge in [0.2, 0.25) is 0 Å². The quantitative estimate of drug-likeness (QED) is 0.429. The van der Waals surface area contributed by atoms with Crippen molar-refractivity contribution in [2.24, 2.45) is 0 Å². The number of aryl methyl sites for hydroxylation is 1. The summed E-state index contributed by atoms with van der Waals surface area (Å²) in [5.74, 6) is -0.168. The zero-order valence-corrected chi connectivity index (χ0v) is 17.3. The Morgan fingerprint density at radius 3 is 2.37 bits per heavy atom. The van der Waals surface area contributed by atoms with E-state index in [1.807, 2.05) is 41.8 Å². The van der Waals surface area contributed by atoms with E-state index in [1.165, 1.54) is 6.26 Å². The highest BCUT2D eigenvalue weighted by Gasteiger charge is 2.20. The van der Waals surface area contributed by atoms with Gasteiger partial charge in [-0.05, 0) is 49.2 Å². The SMILES string of the molecule is Cc1c(C(=O)CCl)c2ccc(CCS(C)(=O)=O)cc2n1-c1ccc(Cl)cc1. The molecule has 0 aliphatic heterocycles. The number of rotatable bonds is 6. The summed E-state index contributed by atoms with van der Waals surface area (Å²) in [7, 11) is -3.06. The van der Waals surface area contributed by atoms with Crippen molar-refractivity contribution in [3.63, 3.8) is 0 Å². The molecule has 0 radical (unpaired) electrons. The molecule has 0 bridgehead atoms. The van der Waals surface area contributed by atoms with Crippen molar-refractivity contribution in [3.05, 3.63) is 64.3 Å². The van der Waals surface area contributed by atoms with Crippen LogP contribution in [0.4, 0.5) is 0 Å². The maximum atomic E-state index is 12.4. The molecular weight excluding hydrogens is 405 g/mol. The van der Waals surface area contributed by atoms with E-state index >= 15 is 0 Å². The van der Waals surface area contributed by atoms with E-state index in [1.54, 1.807) is 12.1 Å². The molecule has 0 aliphatic rings. The van der Waals surface area contributed by atoms with Gasteiger partial charge >= 0.3 is 0 Å². The number of fused-ring (bicyclic) bond motifs is 1. The molecule has 0 amide bonds. The fourth-order valence-corrected chi connectivity index (χ4v) is 4.13. The molecule has 27 heavy (non-hydrogen) atoms. The molecule has 7 heteroatoms. The van der Waals surface area contributed by atoms with E-state index in [9.17, 15) is 13.2 Å². The predicted octanol–water partition coefficient (Wildman–Crippen LogP) is 4.60. The number of ketones is 1. The van der Waals surface area contributed by atoms with Gasteiger partial charge in [0.15, 0.2) is 5.78 Å². The van der Waals surface area contributed by atoms with Crippen LogP contribution in [-0.2, 0) is 16.3 Å². The van der Waals surface area contributed by atoms with Gasteiger partial charge in [-0.25, -0.2) is 8.42 Å². The van der Waals surface area contributed by atoms with Crippen LogP contribution in [0.15, 0.2) is 42.5 Å². The van der Waals surface area contributed by atoms with Gasteiger partial charge in [-0.2, -0.15) is 0 Å². The molecule has 1 aromatic heterocycles. The van der Waals surface area contributed by atoms with Gasteiger partial charge in [0, 0.05) is 33.6 Å². The molecule has 142 valence electrons. The van der Waals surface area contributed by atoms with E-state index in [4.69, 9.17) is 23.2 Å². The lowest BCUT2D eigenvalue weighted by Crippen LogP contribution is -2.06. The number of Topliss-reactive ketones (excluding diaryl/α,β-unsaturated/α-hetero) is 1. The van der Waals surface area contributed by atoms with Crippen LogP contribution in [0.3, 0.4) is 0 Å². The average Bonchev–Trinajstić information content (AvgIpc) is 2.91. The van der Waals surface area contributed by atoms with Crippen LogP contribution in [0.5, 0.6) is 0 Å². The molecule has 0 saturated heterocycles. The monoisotopic (exact) mass is 423 g/mol. The summed E-state index contributed by atoms with van der Waals surface area (Å²) in [6.45, 7) is 1.88. The molecule has 0 spiro atoms. The van der Waals surface area contributed by atoms with Gasteiger partial charge < -0.3 is 4.57 Å². The Morgan fingerprint density at radius 1 is 1.11 bits per heavy atom. The van der Waals surface area contributed by atoms with Crippen LogP contribution < -0.4 is 0 Å². The third-order valence-corrected chi connectivity index (χ3v) is 5.96. The second-order valence-corrected chi connectivity index (χ2v) is 9.52. The summed E-state index contributed by atoms with van der Waals surface area (Å²) in [5, 5.41) is 1.43. The summed E-state index contributed by atoms with van der Waals surface area (Å²) in [6, 6.07) is 13.0.